The van der Waals surface area contributed by atoms with E-state index in [1.807, 2.05) is 11.8 Å². The van der Waals surface area contributed by atoms with Crippen molar-refractivity contribution in [2.45, 2.75) is 57.0 Å². The molecule has 1 aromatic carbocycles. The summed E-state index contributed by atoms with van der Waals surface area (Å²) in [6.07, 6.45) is 3.68. The van der Waals surface area contributed by atoms with Crippen LogP contribution in [0, 0.1) is 5.92 Å². The van der Waals surface area contributed by atoms with Crippen LogP contribution in [0.15, 0.2) is 29.2 Å². The molecule has 0 aliphatic carbocycles. The highest BCUT2D eigenvalue weighted by atomic mass is 32.2. The highest BCUT2D eigenvalue weighted by Crippen LogP contribution is 2.19. The van der Waals surface area contributed by atoms with Crippen molar-refractivity contribution in [3.8, 4) is 0 Å². The Balaban J connectivity index is 1.90. The summed E-state index contributed by atoms with van der Waals surface area (Å²) in [5.41, 5.74) is 0.547. The molecule has 1 aromatic rings. The van der Waals surface area contributed by atoms with Crippen LogP contribution in [0.4, 0.5) is 0 Å². The van der Waals surface area contributed by atoms with E-state index in [2.05, 4.69) is 17.6 Å². The number of hydrogen-bond donors (Lipinski definition) is 2. The Bertz CT molecular complexity index is 857. The number of amides is 2. The minimum Gasteiger partial charge on any atom is -0.353 e. The lowest BCUT2D eigenvalue weighted by Crippen LogP contribution is -2.47. The van der Waals surface area contributed by atoms with Crippen LogP contribution < -0.4 is 10.6 Å². The highest BCUT2D eigenvalue weighted by molar-refractivity contribution is 7.89. The van der Waals surface area contributed by atoms with Gasteiger partial charge in [-0.1, -0.05) is 31.5 Å². The molecule has 2 N–H and O–H groups in total. The lowest BCUT2D eigenvalue weighted by atomic mass is 9.96. The first-order valence-electron chi connectivity index (χ1n) is 10.9. The smallest absolute Gasteiger partial charge is 0.242 e. The first-order valence-corrected chi connectivity index (χ1v) is 12.4. The van der Waals surface area contributed by atoms with E-state index in [1.54, 1.807) is 24.3 Å². The largest absolute Gasteiger partial charge is 0.353 e. The number of nitrogens with one attached hydrogen (secondary N) is 2. The lowest BCUT2D eigenvalue weighted by Gasteiger charge is -2.32. The number of carbonyl (C=O) groups is 2. The molecule has 0 saturated carbocycles. The number of piperidine rings is 1. The second-order valence-corrected chi connectivity index (χ2v) is 10.6. The number of carbonyl (C=O) groups excluding carboxylic acids is 2. The number of benzene rings is 1. The van der Waals surface area contributed by atoms with Crippen LogP contribution in [-0.4, -0.2) is 69.2 Å². The van der Waals surface area contributed by atoms with Crippen molar-refractivity contribution in [1.82, 2.24) is 19.8 Å². The molecule has 9 heteroatoms. The highest BCUT2D eigenvalue weighted by Gasteiger charge is 2.27. The summed E-state index contributed by atoms with van der Waals surface area (Å²) < 4.78 is 26.2. The molecule has 0 spiro atoms. The third-order valence-corrected chi connectivity index (χ3v) is 7.48. The Labute approximate surface area is 186 Å². The van der Waals surface area contributed by atoms with E-state index in [-0.39, 0.29) is 41.8 Å². The summed E-state index contributed by atoms with van der Waals surface area (Å²) in [4.78, 5) is 27.2. The third kappa shape index (κ3) is 7.29. The maximum Gasteiger partial charge on any atom is 0.242 e. The monoisotopic (exact) mass is 452 g/mol. The van der Waals surface area contributed by atoms with Crippen molar-refractivity contribution in [2.75, 3.05) is 33.7 Å². The summed E-state index contributed by atoms with van der Waals surface area (Å²) in [5, 5.41) is 5.90. The van der Waals surface area contributed by atoms with E-state index in [0.717, 1.165) is 36.5 Å². The van der Waals surface area contributed by atoms with Gasteiger partial charge in [-0.05, 0) is 44.4 Å². The zero-order valence-electron chi connectivity index (χ0n) is 19.1. The molecule has 1 fully saturated rings. The molecule has 2 amide bonds. The molecule has 174 valence electrons. The molecule has 31 heavy (non-hydrogen) atoms. The molecular weight excluding hydrogens is 416 g/mol. The molecule has 0 aromatic heterocycles. The van der Waals surface area contributed by atoms with E-state index in [9.17, 15) is 18.0 Å². The van der Waals surface area contributed by atoms with Crippen molar-refractivity contribution in [3.05, 3.63) is 29.8 Å². The summed E-state index contributed by atoms with van der Waals surface area (Å²) in [6, 6.07) is 6.83. The van der Waals surface area contributed by atoms with Crippen molar-refractivity contribution < 1.29 is 18.0 Å². The van der Waals surface area contributed by atoms with Crippen LogP contribution in [0.3, 0.4) is 0 Å². The molecule has 1 aliphatic rings. The van der Waals surface area contributed by atoms with Crippen LogP contribution >= 0.6 is 0 Å². The predicted octanol–water partition coefficient (Wildman–Crippen LogP) is 1.57. The normalized spacial score (nSPS) is 18.5. The summed E-state index contributed by atoms with van der Waals surface area (Å²) in [5.74, 6) is -0.224. The molecule has 8 nitrogen and oxygen atoms in total. The molecule has 2 unspecified atom stereocenters. The fourth-order valence-corrected chi connectivity index (χ4v) is 4.95. The van der Waals surface area contributed by atoms with E-state index >= 15 is 0 Å². The zero-order valence-corrected chi connectivity index (χ0v) is 19.9. The van der Waals surface area contributed by atoms with Gasteiger partial charge in [-0.25, -0.2) is 12.7 Å². The molecule has 2 rings (SSSR count). The van der Waals surface area contributed by atoms with Gasteiger partial charge in [-0.2, -0.15) is 0 Å². The van der Waals surface area contributed by atoms with Crippen LogP contribution in [0.2, 0.25) is 0 Å². The summed E-state index contributed by atoms with van der Waals surface area (Å²) in [6.45, 7) is 5.77. The molecule has 0 bridgehead atoms. The molecule has 2 atom stereocenters. The quantitative estimate of drug-likeness (QED) is 0.561. The summed E-state index contributed by atoms with van der Waals surface area (Å²) >= 11 is 0. The van der Waals surface area contributed by atoms with Gasteiger partial charge in [0.2, 0.25) is 21.8 Å². The third-order valence-electron chi connectivity index (χ3n) is 5.56. The van der Waals surface area contributed by atoms with E-state index in [0.29, 0.717) is 12.1 Å². The fraction of sp³-hybridized carbons (Fsp3) is 0.636. The average Bonchev–Trinajstić information content (AvgIpc) is 2.72. The van der Waals surface area contributed by atoms with Gasteiger partial charge in [0.25, 0.3) is 0 Å². The van der Waals surface area contributed by atoms with Gasteiger partial charge in [0.1, 0.15) is 0 Å². The van der Waals surface area contributed by atoms with Gasteiger partial charge < -0.3 is 10.6 Å². The zero-order chi connectivity index (χ0) is 23.0. The maximum atomic E-state index is 12.5. The van der Waals surface area contributed by atoms with Crippen LogP contribution in [-0.2, 0) is 26.2 Å². The first-order chi connectivity index (χ1) is 14.6. The van der Waals surface area contributed by atoms with Crippen molar-refractivity contribution >= 4 is 21.8 Å². The molecule has 1 aliphatic heterocycles. The topological polar surface area (TPSA) is 98.8 Å². The molecular formula is C22H36N4O4S. The number of likely N-dealkylation sites (tertiary alicyclic amines) is 1. The first kappa shape index (κ1) is 25.3. The Morgan fingerprint density at radius 1 is 1.26 bits per heavy atom. The number of hydrogen-bond acceptors (Lipinski definition) is 5. The minimum absolute atomic E-state index is 0.0638. The Hall–Kier alpha value is -1.97. The van der Waals surface area contributed by atoms with Crippen molar-refractivity contribution in [1.29, 1.82) is 0 Å². The minimum atomic E-state index is -3.59. The standard InChI is InChI=1S/C22H36N4O4S/c1-5-9-17(2)24-22(28)19-11-8-13-26(15-19)16-21(27)23-14-18-10-6-7-12-20(18)31(29,30)25(3)4/h6-7,10,12,17,19H,5,8-9,11,13-16H2,1-4H3,(H,23,27)(H,24,28). The van der Waals surface area contributed by atoms with Crippen LogP contribution in [0.5, 0.6) is 0 Å². The van der Waals surface area contributed by atoms with Crippen LogP contribution in [0.1, 0.15) is 45.1 Å². The average molecular weight is 453 g/mol. The van der Waals surface area contributed by atoms with Gasteiger partial charge in [-0.3, -0.25) is 14.5 Å². The molecule has 1 heterocycles. The number of rotatable bonds is 10. The van der Waals surface area contributed by atoms with Gasteiger partial charge in [-0.15, -0.1) is 0 Å². The second-order valence-electron chi connectivity index (χ2n) is 8.44. The van der Waals surface area contributed by atoms with Gasteiger partial charge >= 0.3 is 0 Å². The maximum absolute atomic E-state index is 12.5. The predicted molar refractivity (Wildman–Crippen MR) is 121 cm³/mol. The number of nitrogens with zero attached hydrogens (tertiary/aromatic N) is 2. The summed E-state index contributed by atoms with van der Waals surface area (Å²) in [7, 11) is -0.621. The Morgan fingerprint density at radius 3 is 2.65 bits per heavy atom. The van der Waals surface area contributed by atoms with Crippen LogP contribution in [0.25, 0.3) is 0 Å². The van der Waals surface area contributed by atoms with Crippen molar-refractivity contribution in [2.24, 2.45) is 5.92 Å². The van der Waals surface area contributed by atoms with E-state index in [4.69, 9.17) is 0 Å². The van der Waals surface area contributed by atoms with E-state index < -0.39 is 10.0 Å². The fourth-order valence-electron chi connectivity index (χ4n) is 3.83. The van der Waals surface area contributed by atoms with E-state index in [1.165, 1.54) is 14.1 Å². The van der Waals surface area contributed by atoms with Gasteiger partial charge in [0.05, 0.1) is 17.4 Å². The van der Waals surface area contributed by atoms with Gasteiger partial charge in [0, 0.05) is 33.2 Å². The van der Waals surface area contributed by atoms with Crippen molar-refractivity contribution in [3.63, 3.8) is 0 Å². The Kier molecular flexibility index (Phi) is 9.46. The second kappa shape index (κ2) is 11.6. The SMILES string of the molecule is CCCC(C)NC(=O)C1CCCN(CC(=O)NCc2ccccc2S(=O)(=O)N(C)C)C1. The Morgan fingerprint density at radius 2 is 1.97 bits per heavy atom. The lowest BCUT2D eigenvalue weighted by molar-refractivity contribution is -0.129. The molecule has 1 saturated heterocycles. The van der Waals surface area contributed by atoms with Gasteiger partial charge in [0.15, 0.2) is 0 Å². The molecule has 0 radical (unpaired) electrons. The number of sulfonamides is 1.